The Morgan fingerprint density at radius 1 is 1.24 bits per heavy atom. The van der Waals surface area contributed by atoms with Gasteiger partial charge >= 0.3 is 6.03 Å². The summed E-state index contributed by atoms with van der Waals surface area (Å²) in [7, 11) is 1.57. The first-order chi connectivity index (χ1) is 12.2. The van der Waals surface area contributed by atoms with Crippen LogP contribution in [0.15, 0.2) is 59.1 Å². The molecule has 0 radical (unpaired) electrons. The van der Waals surface area contributed by atoms with E-state index in [0.717, 1.165) is 11.4 Å². The van der Waals surface area contributed by atoms with Crippen molar-refractivity contribution >= 4 is 11.8 Å². The first-order valence-electron chi connectivity index (χ1n) is 7.89. The van der Waals surface area contributed by atoms with Crippen LogP contribution in [0.2, 0.25) is 0 Å². The summed E-state index contributed by atoms with van der Waals surface area (Å²) in [6.07, 6.45) is 1.79. The normalized spacial score (nSPS) is 11.9. The second kappa shape index (κ2) is 7.67. The van der Waals surface area contributed by atoms with E-state index in [4.69, 9.17) is 9.15 Å². The van der Waals surface area contributed by atoms with E-state index < -0.39 is 0 Å². The highest BCUT2D eigenvalue weighted by atomic mass is 16.5. The van der Waals surface area contributed by atoms with Crippen LogP contribution in [0.3, 0.4) is 0 Å². The van der Waals surface area contributed by atoms with Crippen molar-refractivity contribution < 1.29 is 13.9 Å². The lowest BCUT2D eigenvalue weighted by atomic mass is 10.2. The Labute approximate surface area is 145 Å². The highest BCUT2D eigenvalue weighted by Crippen LogP contribution is 2.17. The number of furan rings is 1. The molecule has 0 spiro atoms. The minimum Gasteiger partial charge on any atom is -0.464 e. The van der Waals surface area contributed by atoms with Crippen molar-refractivity contribution in [3.8, 4) is 5.69 Å². The molecule has 130 valence electrons. The highest BCUT2D eigenvalue weighted by Gasteiger charge is 2.18. The summed E-state index contributed by atoms with van der Waals surface area (Å²) >= 11 is 0. The van der Waals surface area contributed by atoms with Crippen LogP contribution in [0.25, 0.3) is 5.69 Å². The molecule has 2 heterocycles. The molecule has 1 atom stereocenters. The van der Waals surface area contributed by atoms with Gasteiger partial charge in [0.05, 0.1) is 12.3 Å². The Morgan fingerprint density at radius 2 is 2.04 bits per heavy atom. The van der Waals surface area contributed by atoms with Crippen LogP contribution >= 0.6 is 0 Å². The smallest absolute Gasteiger partial charge is 0.321 e. The number of nitrogens with one attached hydrogen (secondary N) is 2. The van der Waals surface area contributed by atoms with Gasteiger partial charge in [0, 0.05) is 19.4 Å². The number of ether oxygens (including phenoxy) is 1. The van der Waals surface area contributed by atoms with Crippen LogP contribution in [0.5, 0.6) is 0 Å². The molecule has 0 unspecified atom stereocenters. The van der Waals surface area contributed by atoms with E-state index in [9.17, 15) is 4.79 Å². The first-order valence-corrected chi connectivity index (χ1v) is 7.89. The average molecular weight is 340 g/mol. The Balaban J connectivity index is 1.64. The Morgan fingerprint density at radius 3 is 2.72 bits per heavy atom. The van der Waals surface area contributed by atoms with Crippen molar-refractivity contribution in [2.24, 2.45) is 0 Å². The predicted molar refractivity (Wildman–Crippen MR) is 93.8 cm³/mol. The molecule has 3 rings (SSSR count). The molecule has 0 saturated heterocycles. The van der Waals surface area contributed by atoms with E-state index in [1.54, 1.807) is 24.1 Å². The maximum atomic E-state index is 12.3. The molecule has 7 nitrogen and oxygen atoms in total. The number of para-hydroxylation sites is 1. The Bertz CT molecular complexity index is 826. The van der Waals surface area contributed by atoms with Crippen molar-refractivity contribution in [1.29, 1.82) is 0 Å². The summed E-state index contributed by atoms with van der Waals surface area (Å²) in [5.41, 5.74) is 0.916. The van der Waals surface area contributed by atoms with Gasteiger partial charge in [0.15, 0.2) is 5.82 Å². The lowest BCUT2D eigenvalue weighted by Gasteiger charge is -2.15. The number of carbonyl (C=O) groups excluding carboxylic acids is 1. The van der Waals surface area contributed by atoms with Crippen molar-refractivity contribution in [1.82, 2.24) is 15.1 Å². The molecule has 2 amide bonds. The van der Waals surface area contributed by atoms with Crippen LogP contribution in [-0.2, 0) is 4.74 Å². The number of nitrogens with zero attached hydrogens (tertiary/aromatic N) is 2. The molecule has 2 aromatic heterocycles. The van der Waals surface area contributed by atoms with Gasteiger partial charge in [-0.05, 0) is 31.2 Å². The fourth-order valence-electron chi connectivity index (χ4n) is 2.43. The van der Waals surface area contributed by atoms with Crippen molar-refractivity contribution in [2.45, 2.75) is 13.0 Å². The molecule has 0 bridgehead atoms. The lowest BCUT2D eigenvalue weighted by molar-refractivity contribution is 0.158. The van der Waals surface area contributed by atoms with E-state index in [2.05, 4.69) is 15.7 Å². The topological polar surface area (TPSA) is 81.3 Å². The van der Waals surface area contributed by atoms with Crippen molar-refractivity contribution in [3.63, 3.8) is 0 Å². The van der Waals surface area contributed by atoms with Gasteiger partial charge in [-0.1, -0.05) is 18.2 Å². The number of methoxy groups -OCH3 is 1. The molecule has 0 aliphatic carbocycles. The largest absolute Gasteiger partial charge is 0.464 e. The van der Waals surface area contributed by atoms with Crippen LogP contribution in [0.4, 0.5) is 10.6 Å². The minimum absolute atomic E-state index is 0.304. The van der Waals surface area contributed by atoms with Gasteiger partial charge in [-0.2, -0.15) is 0 Å². The van der Waals surface area contributed by atoms with Gasteiger partial charge in [-0.25, -0.2) is 9.48 Å². The molecule has 7 heteroatoms. The summed E-state index contributed by atoms with van der Waals surface area (Å²) in [5, 5.41) is 9.89. The van der Waals surface area contributed by atoms with Gasteiger partial charge in [0.25, 0.3) is 0 Å². The summed E-state index contributed by atoms with van der Waals surface area (Å²) in [5.74, 6) is 1.87. The van der Waals surface area contributed by atoms with E-state index in [0.29, 0.717) is 18.2 Å². The fourth-order valence-corrected chi connectivity index (χ4v) is 2.43. The number of carbonyl (C=O) groups is 1. The SMILES string of the molecule is COC[C@@H](NC(=O)Nc1ccn(-c2ccccc2)n1)c1ccc(C)o1. The van der Waals surface area contributed by atoms with E-state index >= 15 is 0 Å². The van der Waals surface area contributed by atoms with Gasteiger partial charge in [0.1, 0.15) is 17.6 Å². The maximum absolute atomic E-state index is 12.3. The third-order valence-corrected chi connectivity index (χ3v) is 3.59. The van der Waals surface area contributed by atoms with Crippen LogP contribution in [-0.4, -0.2) is 29.5 Å². The zero-order valence-electron chi connectivity index (χ0n) is 14.1. The third-order valence-electron chi connectivity index (χ3n) is 3.59. The third kappa shape index (κ3) is 4.27. The second-order valence-corrected chi connectivity index (χ2v) is 5.54. The zero-order chi connectivity index (χ0) is 17.6. The molecule has 0 aliphatic rings. The van der Waals surface area contributed by atoms with Crippen molar-refractivity contribution in [2.75, 3.05) is 19.0 Å². The number of hydrogen-bond acceptors (Lipinski definition) is 4. The lowest BCUT2D eigenvalue weighted by Crippen LogP contribution is -2.34. The zero-order valence-corrected chi connectivity index (χ0v) is 14.1. The molecule has 25 heavy (non-hydrogen) atoms. The average Bonchev–Trinajstić information content (AvgIpc) is 3.24. The van der Waals surface area contributed by atoms with E-state index in [1.165, 1.54) is 0 Å². The molecule has 0 saturated carbocycles. The minimum atomic E-state index is -0.380. The number of benzene rings is 1. The number of anilines is 1. The van der Waals surface area contributed by atoms with Crippen LogP contribution < -0.4 is 10.6 Å². The Hall–Kier alpha value is -3.06. The van der Waals surface area contributed by atoms with Gasteiger partial charge in [0.2, 0.25) is 0 Å². The Kier molecular flexibility index (Phi) is 5.15. The van der Waals surface area contributed by atoms with Crippen molar-refractivity contribution in [3.05, 3.63) is 66.2 Å². The summed E-state index contributed by atoms with van der Waals surface area (Å²) in [4.78, 5) is 12.3. The number of rotatable bonds is 6. The second-order valence-electron chi connectivity index (χ2n) is 5.54. The quantitative estimate of drug-likeness (QED) is 0.721. The summed E-state index contributed by atoms with van der Waals surface area (Å²) in [6, 6.07) is 14.3. The van der Waals surface area contributed by atoms with Gasteiger partial charge in [-0.15, -0.1) is 5.10 Å². The molecule has 0 aliphatic heterocycles. The van der Waals surface area contributed by atoms with Gasteiger partial charge < -0.3 is 14.5 Å². The molecular weight excluding hydrogens is 320 g/mol. The summed E-state index contributed by atoms with van der Waals surface area (Å²) < 4.78 is 12.4. The van der Waals surface area contributed by atoms with Crippen LogP contribution in [0, 0.1) is 6.92 Å². The first kappa shape index (κ1) is 16.8. The highest BCUT2D eigenvalue weighted by molar-refractivity contribution is 5.88. The molecule has 2 N–H and O–H groups in total. The molecule has 1 aromatic carbocycles. The standard InChI is InChI=1S/C18H20N4O3/c1-13-8-9-16(25-13)15(12-24-2)19-18(23)20-17-10-11-22(21-17)14-6-4-3-5-7-14/h3-11,15H,12H2,1-2H3,(H2,19,20,21,23)/t15-/m1/s1. The molecular formula is C18H20N4O3. The maximum Gasteiger partial charge on any atom is 0.321 e. The monoisotopic (exact) mass is 340 g/mol. The van der Waals surface area contributed by atoms with Crippen LogP contribution in [0.1, 0.15) is 17.6 Å². The van der Waals surface area contributed by atoms with E-state index in [1.807, 2.05) is 49.4 Å². The number of amides is 2. The fraction of sp³-hybridized carbons (Fsp3) is 0.222. The number of aromatic nitrogens is 2. The van der Waals surface area contributed by atoms with Gasteiger partial charge in [-0.3, -0.25) is 5.32 Å². The molecule has 0 fully saturated rings. The van der Waals surface area contributed by atoms with E-state index in [-0.39, 0.29) is 12.1 Å². The summed E-state index contributed by atoms with van der Waals surface area (Å²) in [6.45, 7) is 2.16. The number of urea groups is 1. The predicted octanol–water partition coefficient (Wildman–Crippen LogP) is 3.28. The number of hydrogen-bond donors (Lipinski definition) is 2. The number of aryl methyl sites for hydroxylation is 1. The molecule has 3 aromatic rings.